The molecule has 5 N–H and O–H groups in total. The molecule has 0 spiro atoms. The number of para-hydroxylation sites is 2. The average molecular weight is 1060 g/mol. The summed E-state index contributed by atoms with van der Waals surface area (Å²) in [4.78, 5) is 63.6. The summed E-state index contributed by atoms with van der Waals surface area (Å²) in [5.41, 5.74) is 5.84. The second kappa shape index (κ2) is 22.7. The number of sulfonamides is 1. The predicted molar refractivity (Wildman–Crippen MR) is 285 cm³/mol. The van der Waals surface area contributed by atoms with E-state index in [4.69, 9.17) is 11.6 Å². The third-order valence-corrected chi connectivity index (χ3v) is 16.2. The van der Waals surface area contributed by atoms with Gasteiger partial charge in [0.25, 0.3) is 0 Å². The lowest BCUT2D eigenvalue weighted by Crippen LogP contribution is -2.59. The molecule has 0 saturated carbocycles. The monoisotopic (exact) mass is 1060 g/mol. The summed E-state index contributed by atoms with van der Waals surface area (Å²) in [6.07, 6.45) is 3.44. The Bertz CT molecular complexity index is 2890. The molecule has 3 atom stereocenters. The highest BCUT2D eigenvalue weighted by Gasteiger charge is 2.44. The van der Waals surface area contributed by atoms with Gasteiger partial charge in [0, 0.05) is 77.6 Å². The van der Waals surface area contributed by atoms with Crippen molar-refractivity contribution in [3.8, 4) is 10.4 Å². The Kier molecular flexibility index (Phi) is 16.5. The number of halogens is 2. The SMILES string of the molecule is Cc1ncsc1-c1ccc(CNC(=O)[C@H]2C[C@@H](O)CN2C(=O)[C@@H](NC(=O)CN2CCN(C3CCN(c4ccc(Nc5ncc(Cl)c(Nc6ccccc6N(C)S(C)(=O)=O)n5)cc4F)CC3)CC2)C(C)(C)C)cc1. The van der Waals surface area contributed by atoms with E-state index in [9.17, 15) is 27.9 Å². The molecule has 390 valence electrons. The van der Waals surface area contributed by atoms with Crippen molar-refractivity contribution < 1.29 is 32.3 Å². The number of piperazine rings is 1. The van der Waals surface area contributed by atoms with Crippen LogP contribution in [0.25, 0.3) is 10.4 Å². The van der Waals surface area contributed by atoms with Crippen molar-refractivity contribution in [1.29, 1.82) is 0 Å². The highest BCUT2D eigenvalue weighted by Crippen LogP contribution is 2.34. The van der Waals surface area contributed by atoms with Crippen molar-refractivity contribution in [1.82, 2.24) is 40.3 Å². The van der Waals surface area contributed by atoms with E-state index < -0.39 is 45.4 Å². The fourth-order valence-electron chi connectivity index (χ4n) is 9.59. The van der Waals surface area contributed by atoms with Crippen LogP contribution in [0.4, 0.5) is 38.9 Å². The minimum atomic E-state index is -3.54. The molecular formula is C51H64ClFN12O6S2. The number of amides is 3. The number of aryl methyl sites for hydroxylation is 1. The van der Waals surface area contributed by atoms with E-state index in [0.717, 1.165) is 58.2 Å². The van der Waals surface area contributed by atoms with Crippen molar-refractivity contribution in [3.05, 3.63) is 101 Å². The third-order valence-electron chi connectivity index (χ3n) is 13.7. The Morgan fingerprint density at radius 2 is 1.68 bits per heavy atom. The summed E-state index contributed by atoms with van der Waals surface area (Å²) >= 11 is 8.00. The minimum Gasteiger partial charge on any atom is -0.391 e. The smallest absolute Gasteiger partial charge is 0.246 e. The number of aliphatic hydroxyl groups is 1. The molecule has 3 aromatic carbocycles. The summed E-state index contributed by atoms with van der Waals surface area (Å²) in [5, 5.41) is 23.0. The lowest BCUT2D eigenvalue weighted by atomic mass is 9.85. The van der Waals surface area contributed by atoms with Gasteiger partial charge < -0.3 is 36.2 Å². The number of carbonyl (C=O) groups is 3. The van der Waals surface area contributed by atoms with E-state index in [1.54, 1.807) is 47.7 Å². The summed E-state index contributed by atoms with van der Waals surface area (Å²) in [5.74, 6) is -1.04. The molecule has 3 saturated heterocycles. The molecule has 2 aromatic heterocycles. The molecule has 8 rings (SSSR count). The number of hydrogen-bond donors (Lipinski definition) is 5. The van der Waals surface area contributed by atoms with Crippen molar-refractivity contribution in [2.75, 3.05) is 85.5 Å². The van der Waals surface area contributed by atoms with Crippen LogP contribution < -0.4 is 30.5 Å². The number of nitrogens with zero attached hydrogens (tertiary/aromatic N) is 8. The summed E-state index contributed by atoms with van der Waals surface area (Å²) in [7, 11) is -2.09. The van der Waals surface area contributed by atoms with Gasteiger partial charge in [-0.25, -0.2) is 22.8 Å². The molecule has 22 heteroatoms. The van der Waals surface area contributed by atoms with Crippen molar-refractivity contribution in [2.24, 2.45) is 5.41 Å². The number of aliphatic hydroxyl groups excluding tert-OH is 1. The van der Waals surface area contributed by atoms with Crippen LogP contribution in [0.1, 0.15) is 51.3 Å². The van der Waals surface area contributed by atoms with E-state index in [1.165, 1.54) is 24.2 Å². The maximum absolute atomic E-state index is 15.7. The van der Waals surface area contributed by atoms with Crippen LogP contribution in [0.5, 0.6) is 0 Å². The van der Waals surface area contributed by atoms with E-state index in [1.807, 2.05) is 57.5 Å². The van der Waals surface area contributed by atoms with Gasteiger partial charge in [0.2, 0.25) is 33.7 Å². The molecule has 5 aromatic rings. The van der Waals surface area contributed by atoms with Gasteiger partial charge in [-0.2, -0.15) is 4.98 Å². The zero-order valence-corrected chi connectivity index (χ0v) is 44.3. The largest absolute Gasteiger partial charge is 0.391 e. The number of benzene rings is 3. The summed E-state index contributed by atoms with van der Waals surface area (Å²) < 4.78 is 41.4. The quantitative estimate of drug-likeness (QED) is 0.0771. The molecule has 0 radical (unpaired) electrons. The normalized spacial score (nSPS) is 18.6. The van der Waals surface area contributed by atoms with Gasteiger partial charge in [0.1, 0.15) is 22.9 Å². The molecule has 0 aliphatic carbocycles. The predicted octanol–water partition coefficient (Wildman–Crippen LogP) is 5.98. The molecule has 3 aliphatic heterocycles. The molecule has 3 amide bonds. The molecule has 0 unspecified atom stereocenters. The number of thiazole rings is 1. The third kappa shape index (κ3) is 13.0. The first-order chi connectivity index (χ1) is 34.7. The van der Waals surface area contributed by atoms with Gasteiger partial charge in [-0.3, -0.25) is 28.5 Å². The van der Waals surface area contributed by atoms with Crippen molar-refractivity contribution in [3.63, 3.8) is 0 Å². The Morgan fingerprint density at radius 3 is 2.34 bits per heavy atom. The van der Waals surface area contributed by atoms with E-state index in [2.05, 4.69) is 50.9 Å². The lowest BCUT2D eigenvalue weighted by molar-refractivity contribution is -0.144. The van der Waals surface area contributed by atoms with Crippen molar-refractivity contribution in [2.45, 2.75) is 77.7 Å². The standard InChI is InChI=1S/C51H64ClFN12O6S2/c1-32-45(72-31-56-32)34-13-11-33(12-14-34)27-54-48(68)43-26-37(66)29-65(43)49(69)46(51(2,3)4)59-44(67)30-62-21-23-63(24-22-62)36-17-19-64(20-18-36)41-16-15-35(25-39(41)53)57-50-55-28-38(52)47(60-50)58-40-9-7-8-10-42(40)61(5)73(6,70)71/h7-16,25,28,31,36-37,43,46,66H,17-24,26-27,29-30H2,1-6H3,(H,54,68)(H,59,67)(H2,55,57,58,60)/t37-,43-,46-/m1/s1. The molecule has 73 heavy (non-hydrogen) atoms. The number of nitrogens with one attached hydrogen (secondary N) is 4. The van der Waals surface area contributed by atoms with E-state index in [0.29, 0.717) is 55.0 Å². The van der Waals surface area contributed by atoms with Gasteiger partial charge in [-0.1, -0.05) is 68.8 Å². The van der Waals surface area contributed by atoms with Crippen LogP contribution in [-0.2, 0) is 31.0 Å². The van der Waals surface area contributed by atoms with E-state index >= 15 is 4.39 Å². The zero-order valence-electron chi connectivity index (χ0n) is 41.9. The Hall–Kier alpha value is -5.97. The second-order valence-corrected chi connectivity index (χ2v) is 23.3. The first-order valence-electron chi connectivity index (χ1n) is 24.4. The first-order valence-corrected chi connectivity index (χ1v) is 27.5. The molecule has 5 heterocycles. The van der Waals surface area contributed by atoms with Gasteiger partial charge >= 0.3 is 0 Å². The van der Waals surface area contributed by atoms with Gasteiger partial charge in [-0.05, 0) is 66.6 Å². The van der Waals surface area contributed by atoms with Crippen LogP contribution in [0, 0.1) is 18.2 Å². The summed E-state index contributed by atoms with van der Waals surface area (Å²) in [6, 6.07) is 18.2. The molecule has 3 fully saturated rings. The number of rotatable bonds is 16. The first kappa shape index (κ1) is 53.3. The number of anilines is 6. The topological polar surface area (TPSA) is 209 Å². The number of aromatic nitrogens is 3. The molecule has 18 nitrogen and oxygen atoms in total. The lowest BCUT2D eigenvalue weighted by Gasteiger charge is -2.43. The molecule has 0 bridgehead atoms. The Morgan fingerprint density at radius 1 is 0.973 bits per heavy atom. The fourth-order valence-corrected chi connectivity index (χ4v) is 11.1. The minimum absolute atomic E-state index is 0.00194. The number of β-amino-alcohol motifs (C(OH)–C–C–N with tert-alkyl or cyclic N) is 1. The van der Waals surface area contributed by atoms with E-state index in [-0.39, 0.29) is 54.7 Å². The number of likely N-dealkylation sites (tertiary alicyclic amines) is 1. The number of carbonyl (C=O) groups excluding carboxylic acids is 3. The Labute approximate surface area is 435 Å². The van der Waals surface area contributed by atoms with Crippen LogP contribution in [0.2, 0.25) is 5.02 Å². The summed E-state index contributed by atoms with van der Waals surface area (Å²) in [6.45, 7) is 12.2. The van der Waals surface area contributed by atoms with Crippen LogP contribution >= 0.6 is 22.9 Å². The van der Waals surface area contributed by atoms with Crippen LogP contribution in [-0.4, -0.2) is 151 Å². The van der Waals surface area contributed by atoms with Gasteiger partial charge in [0.15, 0.2) is 5.82 Å². The fraction of sp³-hybridized carbons (Fsp3) is 0.451. The number of hydrogen-bond acceptors (Lipinski definition) is 15. The van der Waals surface area contributed by atoms with Gasteiger partial charge in [0.05, 0.1) is 58.2 Å². The van der Waals surface area contributed by atoms with Crippen LogP contribution in [0.3, 0.4) is 0 Å². The number of piperidine rings is 1. The van der Waals surface area contributed by atoms with Crippen molar-refractivity contribution >= 4 is 85.2 Å². The maximum atomic E-state index is 15.7. The highest BCUT2D eigenvalue weighted by molar-refractivity contribution is 7.92. The van der Waals surface area contributed by atoms with Gasteiger partial charge in [-0.15, -0.1) is 11.3 Å². The second-order valence-electron chi connectivity index (χ2n) is 20.0. The zero-order chi connectivity index (χ0) is 52.2. The highest BCUT2D eigenvalue weighted by atomic mass is 35.5. The molecule has 3 aliphatic rings. The molecular weight excluding hydrogens is 995 g/mol. The Balaban J connectivity index is 0.790. The van der Waals surface area contributed by atoms with Crippen LogP contribution in [0.15, 0.2) is 78.4 Å². The average Bonchev–Trinajstić information content (AvgIpc) is 3.98. The maximum Gasteiger partial charge on any atom is 0.246 e.